The predicted octanol–water partition coefficient (Wildman–Crippen LogP) is 1.82. The number of aryl methyl sites for hydroxylation is 1. The van der Waals surface area contributed by atoms with Crippen molar-refractivity contribution in [3.8, 4) is 5.69 Å². The van der Waals surface area contributed by atoms with Crippen LogP contribution in [0, 0.1) is 6.92 Å². The molecule has 1 aromatic carbocycles. The van der Waals surface area contributed by atoms with Crippen molar-refractivity contribution >= 4 is 11.9 Å². The van der Waals surface area contributed by atoms with Crippen LogP contribution in [-0.2, 0) is 9.53 Å². The summed E-state index contributed by atoms with van der Waals surface area (Å²) >= 11 is 0. The zero-order valence-electron chi connectivity index (χ0n) is 11.4. The van der Waals surface area contributed by atoms with Crippen LogP contribution in [0.4, 0.5) is 0 Å². The van der Waals surface area contributed by atoms with E-state index in [1.54, 1.807) is 12.1 Å². The largest absolute Gasteiger partial charge is 0.449 e. The van der Waals surface area contributed by atoms with E-state index in [4.69, 9.17) is 10.5 Å². The molecule has 0 aliphatic rings. The first-order valence-corrected chi connectivity index (χ1v) is 6.23. The van der Waals surface area contributed by atoms with Crippen LogP contribution in [0.5, 0.6) is 0 Å². The maximum atomic E-state index is 12.0. The minimum atomic E-state index is -0.946. The van der Waals surface area contributed by atoms with E-state index in [1.807, 2.05) is 42.1 Å². The number of rotatable bonds is 4. The SMILES string of the molecule is Cc1ccc(C(=O)OC(C)C(N)=O)cc1-n1cccc1. The molecule has 1 aromatic heterocycles. The lowest BCUT2D eigenvalue weighted by molar-refractivity contribution is -0.125. The Morgan fingerprint density at radius 1 is 1.25 bits per heavy atom. The summed E-state index contributed by atoms with van der Waals surface area (Å²) in [7, 11) is 0. The van der Waals surface area contributed by atoms with E-state index in [0.29, 0.717) is 5.56 Å². The first kappa shape index (κ1) is 13.9. The molecule has 1 atom stereocenters. The molecule has 20 heavy (non-hydrogen) atoms. The maximum absolute atomic E-state index is 12.0. The van der Waals surface area contributed by atoms with Gasteiger partial charge >= 0.3 is 5.97 Å². The van der Waals surface area contributed by atoms with Gasteiger partial charge in [0.15, 0.2) is 6.10 Å². The van der Waals surface area contributed by atoms with E-state index in [1.165, 1.54) is 6.92 Å². The Balaban J connectivity index is 2.28. The number of esters is 1. The lowest BCUT2D eigenvalue weighted by Gasteiger charge is -2.12. The average molecular weight is 272 g/mol. The first-order valence-electron chi connectivity index (χ1n) is 6.23. The second-order valence-electron chi connectivity index (χ2n) is 4.54. The van der Waals surface area contributed by atoms with E-state index in [0.717, 1.165) is 11.3 Å². The van der Waals surface area contributed by atoms with Gasteiger partial charge in [0, 0.05) is 18.1 Å². The van der Waals surface area contributed by atoms with Crippen molar-refractivity contribution in [1.82, 2.24) is 4.57 Å². The molecule has 0 aliphatic heterocycles. The van der Waals surface area contributed by atoms with Crippen molar-refractivity contribution < 1.29 is 14.3 Å². The predicted molar refractivity (Wildman–Crippen MR) is 74.6 cm³/mol. The van der Waals surface area contributed by atoms with Crippen molar-refractivity contribution in [2.45, 2.75) is 20.0 Å². The highest BCUT2D eigenvalue weighted by Gasteiger charge is 2.17. The number of primary amides is 1. The minimum Gasteiger partial charge on any atom is -0.449 e. The highest BCUT2D eigenvalue weighted by atomic mass is 16.5. The van der Waals surface area contributed by atoms with Crippen LogP contribution in [-0.4, -0.2) is 22.5 Å². The highest BCUT2D eigenvalue weighted by molar-refractivity contribution is 5.92. The van der Waals surface area contributed by atoms with E-state index < -0.39 is 18.0 Å². The van der Waals surface area contributed by atoms with Gasteiger partial charge in [-0.05, 0) is 43.7 Å². The number of nitrogens with zero attached hydrogens (tertiary/aromatic N) is 1. The van der Waals surface area contributed by atoms with Gasteiger partial charge in [0.25, 0.3) is 5.91 Å². The van der Waals surface area contributed by atoms with Crippen molar-refractivity contribution in [2.24, 2.45) is 5.73 Å². The third kappa shape index (κ3) is 2.88. The summed E-state index contributed by atoms with van der Waals surface area (Å²) in [5.41, 5.74) is 7.37. The molecule has 0 bridgehead atoms. The van der Waals surface area contributed by atoms with E-state index in [9.17, 15) is 9.59 Å². The van der Waals surface area contributed by atoms with Crippen molar-refractivity contribution in [1.29, 1.82) is 0 Å². The van der Waals surface area contributed by atoms with E-state index in [2.05, 4.69) is 0 Å². The van der Waals surface area contributed by atoms with Crippen LogP contribution in [0.25, 0.3) is 5.69 Å². The Labute approximate surface area is 117 Å². The second-order valence-corrected chi connectivity index (χ2v) is 4.54. The summed E-state index contributed by atoms with van der Waals surface area (Å²) in [5.74, 6) is -1.24. The molecule has 2 N–H and O–H groups in total. The topological polar surface area (TPSA) is 74.3 Å². The third-order valence-electron chi connectivity index (χ3n) is 3.01. The molecule has 0 fully saturated rings. The standard InChI is InChI=1S/C15H16N2O3/c1-10-5-6-12(15(19)20-11(2)14(16)18)9-13(10)17-7-3-4-8-17/h3-9,11H,1-2H3,(H2,16,18). The fourth-order valence-electron chi connectivity index (χ4n) is 1.80. The molecule has 0 aliphatic carbocycles. The van der Waals surface area contributed by atoms with Gasteiger partial charge in [-0.3, -0.25) is 4.79 Å². The van der Waals surface area contributed by atoms with Crippen LogP contribution in [0.15, 0.2) is 42.7 Å². The third-order valence-corrected chi connectivity index (χ3v) is 3.01. The van der Waals surface area contributed by atoms with Crippen LogP contribution in [0.1, 0.15) is 22.8 Å². The molecule has 0 radical (unpaired) electrons. The Morgan fingerprint density at radius 3 is 2.50 bits per heavy atom. The van der Waals surface area contributed by atoms with Crippen LogP contribution < -0.4 is 5.73 Å². The molecule has 1 amide bonds. The van der Waals surface area contributed by atoms with Crippen molar-refractivity contribution in [3.63, 3.8) is 0 Å². The number of hydrogen-bond acceptors (Lipinski definition) is 3. The summed E-state index contributed by atoms with van der Waals surface area (Å²) < 4.78 is 6.89. The Morgan fingerprint density at radius 2 is 1.90 bits per heavy atom. The number of benzene rings is 1. The van der Waals surface area contributed by atoms with E-state index in [-0.39, 0.29) is 0 Å². The monoisotopic (exact) mass is 272 g/mol. The van der Waals surface area contributed by atoms with Gasteiger partial charge in [0.2, 0.25) is 0 Å². The Bertz CT molecular complexity index is 633. The lowest BCUT2D eigenvalue weighted by atomic mass is 10.1. The molecule has 0 saturated heterocycles. The molecule has 2 aromatic rings. The number of amides is 1. The van der Waals surface area contributed by atoms with Gasteiger partial charge < -0.3 is 15.0 Å². The van der Waals surface area contributed by atoms with Gasteiger partial charge in [-0.25, -0.2) is 4.79 Å². The normalized spacial score (nSPS) is 11.9. The fraction of sp³-hybridized carbons (Fsp3) is 0.200. The number of aromatic nitrogens is 1. The number of carbonyl (C=O) groups is 2. The van der Waals surface area contributed by atoms with Crippen molar-refractivity contribution in [2.75, 3.05) is 0 Å². The number of nitrogens with two attached hydrogens (primary N) is 1. The molecule has 0 saturated carbocycles. The number of ether oxygens (including phenoxy) is 1. The van der Waals surface area contributed by atoms with Crippen molar-refractivity contribution in [3.05, 3.63) is 53.9 Å². The quantitative estimate of drug-likeness (QED) is 0.863. The molecule has 0 spiro atoms. The fourth-order valence-corrected chi connectivity index (χ4v) is 1.80. The van der Waals surface area contributed by atoms with Gasteiger partial charge in [0.05, 0.1) is 5.56 Å². The number of carbonyl (C=O) groups excluding carboxylic acids is 2. The summed E-state index contributed by atoms with van der Waals surface area (Å²) in [5, 5.41) is 0. The smallest absolute Gasteiger partial charge is 0.338 e. The second kappa shape index (κ2) is 5.61. The Kier molecular flexibility index (Phi) is 3.89. The molecule has 1 heterocycles. The molecular formula is C15H16N2O3. The summed E-state index contributed by atoms with van der Waals surface area (Å²) in [6.07, 6.45) is 2.84. The highest BCUT2D eigenvalue weighted by Crippen LogP contribution is 2.17. The van der Waals surface area contributed by atoms with E-state index >= 15 is 0 Å². The minimum absolute atomic E-state index is 0.382. The maximum Gasteiger partial charge on any atom is 0.338 e. The summed E-state index contributed by atoms with van der Waals surface area (Å²) in [4.78, 5) is 22.9. The zero-order chi connectivity index (χ0) is 14.7. The van der Waals surface area contributed by atoms with Crippen LogP contribution >= 0.6 is 0 Å². The first-order chi connectivity index (χ1) is 9.49. The van der Waals surface area contributed by atoms with Crippen LogP contribution in [0.3, 0.4) is 0 Å². The summed E-state index contributed by atoms with van der Waals surface area (Å²) in [6.45, 7) is 3.40. The molecule has 104 valence electrons. The molecule has 5 heteroatoms. The molecule has 1 unspecified atom stereocenters. The lowest BCUT2D eigenvalue weighted by Crippen LogP contribution is -2.30. The zero-order valence-corrected chi connectivity index (χ0v) is 11.4. The van der Waals surface area contributed by atoms with Gasteiger partial charge in [-0.15, -0.1) is 0 Å². The molecule has 2 rings (SSSR count). The Hall–Kier alpha value is -2.56. The summed E-state index contributed by atoms with van der Waals surface area (Å²) in [6, 6.07) is 9.03. The molecular weight excluding hydrogens is 256 g/mol. The van der Waals surface area contributed by atoms with Crippen LogP contribution in [0.2, 0.25) is 0 Å². The molecule has 5 nitrogen and oxygen atoms in total. The average Bonchev–Trinajstić information content (AvgIpc) is 2.92. The number of hydrogen-bond donors (Lipinski definition) is 1. The van der Waals surface area contributed by atoms with Gasteiger partial charge in [-0.1, -0.05) is 6.07 Å². The van der Waals surface area contributed by atoms with Gasteiger partial charge in [0.1, 0.15) is 0 Å². The van der Waals surface area contributed by atoms with Gasteiger partial charge in [-0.2, -0.15) is 0 Å².